The lowest BCUT2D eigenvalue weighted by atomic mass is 9.91. The van der Waals surface area contributed by atoms with Gasteiger partial charge in [0.15, 0.2) is 0 Å². The van der Waals surface area contributed by atoms with Gasteiger partial charge in [-0.3, -0.25) is 4.79 Å². The Kier molecular flexibility index (Phi) is 4.59. The van der Waals surface area contributed by atoms with Crippen LogP contribution in [-0.2, 0) is 5.41 Å². The van der Waals surface area contributed by atoms with Gasteiger partial charge in [-0.25, -0.2) is 0 Å². The Labute approximate surface area is 133 Å². The summed E-state index contributed by atoms with van der Waals surface area (Å²) in [4.78, 5) is 15.1. The Morgan fingerprint density at radius 3 is 2.52 bits per heavy atom. The van der Waals surface area contributed by atoms with Crippen LogP contribution in [0, 0.1) is 11.3 Å². The fraction of sp³-hybridized carbons (Fsp3) is 0.714. The van der Waals surface area contributed by atoms with E-state index in [2.05, 4.69) is 15.7 Å². The average molecular weight is 324 g/mol. The number of aromatic nitrogens is 2. The van der Waals surface area contributed by atoms with Gasteiger partial charge < -0.3 is 4.90 Å². The number of hydrogen-bond donors (Lipinski definition) is 0. The second kappa shape index (κ2) is 5.93. The SMILES string of the molecule is CSC1(C#N)CCN(C(=O)c2snnc2C(C)(C)C)CC1. The molecule has 0 N–H and O–H groups in total. The van der Waals surface area contributed by atoms with Crippen molar-refractivity contribution in [2.45, 2.75) is 43.8 Å². The third kappa shape index (κ3) is 3.22. The van der Waals surface area contributed by atoms with E-state index >= 15 is 0 Å². The van der Waals surface area contributed by atoms with E-state index in [1.165, 1.54) is 11.5 Å². The second-order valence-electron chi connectivity index (χ2n) is 6.30. The summed E-state index contributed by atoms with van der Waals surface area (Å²) in [7, 11) is 0. The van der Waals surface area contributed by atoms with Crippen LogP contribution in [0.25, 0.3) is 0 Å². The fourth-order valence-corrected chi connectivity index (χ4v) is 3.92. The first-order valence-electron chi connectivity index (χ1n) is 6.91. The van der Waals surface area contributed by atoms with E-state index in [9.17, 15) is 10.1 Å². The molecule has 114 valence electrons. The Hall–Kier alpha value is -1.13. The molecule has 1 saturated heterocycles. The van der Waals surface area contributed by atoms with Crippen molar-refractivity contribution in [2.75, 3.05) is 19.3 Å². The molecule has 7 heteroatoms. The number of piperidine rings is 1. The first kappa shape index (κ1) is 16.2. The quantitative estimate of drug-likeness (QED) is 0.836. The molecule has 0 aromatic carbocycles. The van der Waals surface area contributed by atoms with Gasteiger partial charge in [0.2, 0.25) is 0 Å². The van der Waals surface area contributed by atoms with Gasteiger partial charge in [-0.1, -0.05) is 25.3 Å². The summed E-state index contributed by atoms with van der Waals surface area (Å²) in [5, 5.41) is 13.4. The van der Waals surface area contributed by atoms with Gasteiger partial charge in [0, 0.05) is 18.5 Å². The molecule has 1 amide bonds. The number of amides is 1. The molecule has 0 spiro atoms. The van der Waals surface area contributed by atoms with Gasteiger partial charge in [0.1, 0.15) is 9.62 Å². The molecule has 1 aromatic heterocycles. The van der Waals surface area contributed by atoms with Crippen molar-refractivity contribution in [1.29, 1.82) is 5.26 Å². The molecule has 0 saturated carbocycles. The molecule has 0 bridgehead atoms. The largest absolute Gasteiger partial charge is 0.338 e. The number of nitrogens with zero attached hydrogens (tertiary/aromatic N) is 4. The lowest BCUT2D eigenvalue weighted by molar-refractivity contribution is 0.0719. The third-order valence-electron chi connectivity index (χ3n) is 3.85. The molecule has 1 aliphatic rings. The van der Waals surface area contributed by atoms with E-state index in [4.69, 9.17) is 0 Å². The summed E-state index contributed by atoms with van der Waals surface area (Å²) >= 11 is 2.76. The molecule has 2 rings (SSSR count). The Balaban J connectivity index is 2.14. The van der Waals surface area contributed by atoms with Gasteiger partial charge in [-0.05, 0) is 30.6 Å². The summed E-state index contributed by atoms with van der Waals surface area (Å²) in [6.45, 7) is 7.34. The highest BCUT2D eigenvalue weighted by Crippen LogP contribution is 2.35. The van der Waals surface area contributed by atoms with Crippen LogP contribution >= 0.6 is 23.3 Å². The maximum Gasteiger partial charge on any atom is 0.267 e. The van der Waals surface area contributed by atoms with Gasteiger partial charge in [0.25, 0.3) is 5.91 Å². The molecule has 0 radical (unpaired) electrons. The summed E-state index contributed by atoms with van der Waals surface area (Å²) < 4.78 is 3.62. The summed E-state index contributed by atoms with van der Waals surface area (Å²) in [6, 6.07) is 2.40. The Bertz CT molecular complexity index is 562. The minimum Gasteiger partial charge on any atom is -0.338 e. The smallest absolute Gasteiger partial charge is 0.267 e. The number of hydrogen-bond acceptors (Lipinski definition) is 6. The fourth-order valence-electron chi connectivity index (χ4n) is 2.40. The maximum atomic E-state index is 12.7. The van der Waals surface area contributed by atoms with Crippen LogP contribution in [0.15, 0.2) is 0 Å². The highest BCUT2D eigenvalue weighted by atomic mass is 32.2. The monoisotopic (exact) mass is 324 g/mol. The van der Waals surface area contributed by atoms with Crippen molar-refractivity contribution in [1.82, 2.24) is 14.5 Å². The van der Waals surface area contributed by atoms with Crippen LogP contribution in [0.5, 0.6) is 0 Å². The van der Waals surface area contributed by atoms with Crippen molar-refractivity contribution in [3.63, 3.8) is 0 Å². The topological polar surface area (TPSA) is 69.9 Å². The third-order valence-corrected chi connectivity index (χ3v) is 5.84. The van der Waals surface area contributed by atoms with Crippen LogP contribution in [-0.4, -0.2) is 44.5 Å². The van der Waals surface area contributed by atoms with Crippen molar-refractivity contribution < 1.29 is 4.79 Å². The predicted molar refractivity (Wildman–Crippen MR) is 85.6 cm³/mol. The van der Waals surface area contributed by atoms with Gasteiger partial charge in [-0.15, -0.1) is 16.9 Å². The van der Waals surface area contributed by atoms with Crippen molar-refractivity contribution >= 4 is 29.2 Å². The minimum atomic E-state index is -0.338. The van der Waals surface area contributed by atoms with Gasteiger partial charge in [0.05, 0.1) is 11.8 Å². The van der Waals surface area contributed by atoms with Gasteiger partial charge >= 0.3 is 0 Å². The second-order valence-corrected chi connectivity index (χ2v) is 8.25. The van der Waals surface area contributed by atoms with Crippen molar-refractivity contribution in [3.05, 3.63) is 10.6 Å². The molecule has 0 aliphatic carbocycles. The van der Waals surface area contributed by atoms with Crippen LogP contribution in [0.2, 0.25) is 0 Å². The zero-order valence-corrected chi connectivity index (χ0v) is 14.5. The van der Waals surface area contributed by atoms with Crippen LogP contribution in [0.4, 0.5) is 0 Å². The molecule has 1 aromatic rings. The molecular formula is C14H20N4OS2. The zero-order valence-electron chi connectivity index (χ0n) is 12.8. The molecule has 5 nitrogen and oxygen atoms in total. The van der Waals surface area contributed by atoms with E-state index in [1.54, 1.807) is 11.8 Å². The highest BCUT2D eigenvalue weighted by Gasteiger charge is 2.37. The summed E-state index contributed by atoms with van der Waals surface area (Å²) in [5.74, 6) is 0.00238. The number of rotatable bonds is 2. The molecule has 0 unspecified atom stereocenters. The van der Waals surface area contributed by atoms with Crippen LogP contribution in [0.3, 0.4) is 0 Å². The number of carbonyl (C=O) groups is 1. The van der Waals surface area contributed by atoms with Crippen molar-refractivity contribution in [3.8, 4) is 6.07 Å². The Morgan fingerprint density at radius 1 is 1.43 bits per heavy atom. The number of carbonyl (C=O) groups excluding carboxylic acids is 1. The number of nitriles is 1. The van der Waals surface area contributed by atoms with Crippen molar-refractivity contribution in [2.24, 2.45) is 0 Å². The Morgan fingerprint density at radius 2 is 2.05 bits per heavy atom. The first-order chi connectivity index (χ1) is 9.83. The zero-order chi connectivity index (χ0) is 15.7. The summed E-state index contributed by atoms with van der Waals surface area (Å²) in [5.41, 5.74) is 0.572. The molecule has 2 heterocycles. The standard InChI is InChI=1S/C14H20N4OS2/c1-13(2,3)11-10(21-17-16-11)12(19)18-7-5-14(9-15,20-4)6-8-18/h5-8H2,1-4H3. The highest BCUT2D eigenvalue weighted by molar-refractivity contribution is 8.00. The molecule has 1 aliphatic heterocycles. The minimum absolute atomic E-state index is 0.00238. The first-order valence-corrected chi connectivity index (χ1v) is 8.91. The van der Waals surface area contributed by atoms with E-state index in [-0.39, 0.29) is 16.1 Å². The normalized spacial score (nSPS) is 18.3. The number of likely N-dealkylation sites (tertiary alicyclic amines) is 1. The number of thioether (sulfide) groups is 1. The predicted octanol–water partition coefficient (Wildman–Crippen LogP) is 2.70. The van der Waals surface area contributed by atoms with Gasteiger partial charge in [-0.2, -0.15) is 5.26 Å². The van der Waals surface area contributed by atoms with Crippen LogP contribution in [0.1, 0.15) is 49.0 Å². The molecule has 21 heavy (non-hydrogen) atoms. The maximum absolute atomic E-state index is 12.7. The molecule has 0 atom stereocenters. The van der Waals surface area contributed by atoms with E-state index in [0.29, 0.717) is 30.8 Å². The van der Waals surface area contributed by atoms with E-state index in [1.807, 2.05) is 31.9 Å². The van der Waals surface area contributed by atoms with Crippen LogP contribution < -0.4 is 0 Å². The lowest BCUT2D eigenvalue weighted by Gasteiger charge is -2.36. The summed E-state index contributed by atoms with van der Waals surface area (Å²) in [6.07, 6.45) is 3.40. The molecule has 1 fully saturated rings. The van der Waals surface area contributed by atoms with E-state index < -0.39 is 0 Å². The molecular weight excluding hydrogens is 304 g/mol. The van der Waals surface area contributed by atoms with E-state index in [0.717, 1.165) is 5.69 Å². The lowest BCUT2D eigenvalue weighted by Crippen LogP contribution is -2.44. The average Bonchev–Trinajstić information content (AvgIpc) is 2.96.